The number of benzene rings is 1. The molecule has 16 heavy (non-hydrogen) atoms. The van der Waals surface area contributed by atoms with E-state index in [0.717, 1.165) is 19.6 Å². The van der Waals surface area contributed by atoms with Gasteiger partial charge in [-0.1, -0.05) is 18.2 Å². The number of hydrogen-bond acceptors (Lipinski definition) is 2. The molecular formula is C14H20N2. The van der Waals surface area contributed by atoms with Crippen LogP contribution in [0.4, 0.5) is 0 Å². The van der Waals surface area contributed by atoms with Crippen LogP contribution in [0.1, 0.15) is 29.2 Å². The Morgan fingerprint density at radius 1 is 1.25 bits per heavy atom. The number of nitrogens with one attached hydrogen (secondary N) is 1. The molecule has 2 heteroatoms. The molecular weight excluding hydrogens is 196 g/mol. The summed E-state index contributed by atoms with van der Waals surface area (Å²) < 4.78 is 0. The molecule has 0 spiro atoms. The van der Waals surface area contributed by atoms with Crippen molar-refractivity contribution in [1.29, 1.82) is 0 Å². The van der Waals surface area contributed by atoms with Crippen molar-refractivity contribution < 1.29 is 0 Å². The molecule has 1 saturated heterocycles. The maximum absolute atomic E-state index is 3.49. The van der Waals surface area contributed by atoms with Crippen LogP contribution >= 0.6 is 0 Å². The number of piperazine rings is 1. The zero-order valence-electron chi connectivity index (χ0n) is 10.00. The quantitative estimate of drug-likeness (QED) is 0.769. The van der Waals surface area contributed by atoms with E-state index in [1.807, 2.05) is 0 Å². The monoisotopic (exact) mass is 216 g/mol. The predicted octanol–water partition coefficient (Wildman–Crippen LogP) is 1.75. The first-order valence-electron chi connectivity index (χ1n) is 6.37. The fourth-order valence-electron chi connectivity index (χ4n) is 2.98. The third-order valence-corrected chi connectivity index (χ3v) is 4.02. The van der Waals surface area contributed by atoms with E-state index in [1.54, 1.807) is 11.1 Å². The third kappa shape index (κ3) is 1.76. The number of aryl methyl sites for hydroxylation is 2. The highest BCUT2D eigenvalue weighted by molar-refractivity contribution is 5.36. The lowest BCUT2D eigenvalue weighted by Gasteiger charge is -2.33. The zero-order chi connectivity index (χ0) is 11.0. The second-order valence-electron chi connectivity index (χ2n) is 5.08. The van der Waals surface area contributed by atoms with Crippen molar-refractivity contribution in [3.05, 3.63) is 34.9 Å². The molecule has 0 saturated carbocycles. The second-order valence-corrected chi connectivity index (χ2v) is 5.08. The fraction of sp³-hybridized carbons (Fsp3) is 0.571. The van der Waals surface area contributed by atoms with Gasteiger partial charge in [0.2, 0.25) is 0 Å². The lowest BCUT2D eigenvalue weighted by Crippen LogP contribution is -2.43. The first-order chi connectivity index (χ1) is 7.84. The van der Waals surface area contributed by atoms with Crippen LogP contribution in [0.3, 0.4) is 0 Å². The molecule has 2 aliphatic rings. The largest absolute Gasteiger partial charge is 0.314 e. The maximum Gasteiger partial charge on any atom is 0.0470 e. The van der Waals surface area contributed by atoms with Gasteiger partial charge in [-0.05, 0) is 43.0 Å². The fourth-order valence-corrected chi connectivity index (χ4v) is 2.98. The van der Waals surface area contributed by atoms with Gasteiger partial charge in [0, 0.05) is 25.7 Å². The predicted molar refractivity (Wildman–Crippen MR) is 66.7 cm³/mol. The molecule has 0 amide bonds. The summed E-state index contributed by atoms with van der Waals surface area (Å²) in [6.07, 6.45) is 3.92. The Balaban J connectivity index is 1.88. The summed E-state index contributed by atoms with van der Waals surface area (Å²) >= 11 is 0. The lowest BCUT2D eigenvalue weighted by molar-refractivity contribution is 0.202. The Bertz CT molecular complexity index is 386. The van der Waals surface area contributed by atoms with Gasteiger partial charge in [0.1, 0.15) is 0 Å². The highest BCUT2D eigenvalue weighted by Gasteiger charge is 2.21. The van der Waals surface area contributed by atoms with Crippen molar-refractivity contribution >= 4 is 0 Å². The first kappa shape index (κ1) is 10.3. The van der Waals surface area contributed by atoms with Crippen LogP contribution in [0.25, 0.3) is 0 Å². The van der Waals surface area contributed by atoms with Crippen LogP contribution in [0.15, 0.2) is 18.2 Å². The molecule has 2 nitrogen and oxygen atoms in total. The molecule has 1 heterocycles. The van der Waals surface area contributed by atoms with Crippen LogP contribution in [0.2, 0.25) is 0 Å². The Morgan fingerprint density at radius 3 is 3.00 bits per heavy atom. The van der Waals surface area contributed by atoms with Crippen molar-refractivity contribution in [3.8, 4) is 0 Å². The summed E-state index contributed by atoms with van der Waals surface area (Å²) in [5, 5.41) is 3.49. The topological polar surface area (TPSA) is 15.3 Å². The molecule has 0 radical (unpaired) electrons. The Kier molecular flexibility index (Phi) is 2.70. The molecule has 1 aliphatic heterocycles. The van der Waals surface area contributed by atoms with E-state index in [1.165, 1.54) is 24.8 Å². The number of fused-ring (bicyclic) bond motifs is 1. The molecule has 1 aliphatic carbocycles. The van der Waals surface area contributed by atoms with E-state index in [4.69, 9.17) is 0 Å². The third-order valence-electron chi connectivity index (χ3n) is 4.02. The Labute approximate surface area is 97.6 Å². The highest BCUT2D eigenvalue weighted by Crippen LogP contribution is 2.27. The summed E-state index contributed by atoms with van der Waals surface area (Å²) in [4.78, 5) is 2.47. The second kappa shape index (κ2) is 4.19. The van der Waals surface area contributed by atoms with Crippen molar-refractivity contribution in [2.75, 3.05) is 26.7 Å². The van der Waals surface area contributed by atoms with Gasteiger partial charge in [-0.3, -0.25) is 4.90 Å². The van der Waals surface area contributed by atoms with E-state index in [0.29, 0.717) is 6.04 Å². The highest BCUT2D eigenvalue weighted by atomic mass is 15.2. The minimum atomic E-state index is 0.569. The van der Waals surface area contributed by atoms with E-state index < -0.39 is 0 Å². The van der Waals surface area contributed by atoms with Crippen molar-refractivity contribution in [1.82, 2.24) is 10.2 Å². The molecule has 1 aromatic rings. The molecule has 1 aromatic carbocycles. The van der Waals surface area contributed by atoms with Gasteiger partial charge in [0.25, 0.3) is 0 Å². The van der Waals surface area contributed by atoms with Gasteiger partial charge >= 0.3 is 0 Å². The van der Waals surface area contributed by atoms with Gasteiger partial charge in [-0.25, -0.2) is 0 Å². The minimum absolute atomic E-state index is 0.569. The van der Waals surface area contributed by atoms with Gasteiger partial charge in [0.05, 0.1) is 0 Å². The van der Waals surface area contributed by atoms with Gasteiger partial charge in [0.15, 0.2) is 0 Å². The average molecular weight is 216 g/mol. The summed E-state index contributed by atoms with van der Waals surface area (Å²) in [5.74, 6) is 0. The Morgan fingerprint density at radius 2 is 2.12 bits per heavy atom. The molecule has 86 valence electrons. The molecule has 0 bridgehead atoms. The molecule has 3 rings (SSSR count). The number of rotatable bonds is 1. The van der Waals surface area contributed by atoms with Gasteiger partial charge in [-0.2, -0.15) is 0 Å². The van der Waals surface area contributed by atoms with Crippen LogP contribution < -0.4 is 5.32 Å². The summed E-state index contributed by atoms with van der Waals surface area (Å²) in [6, 6.07) is 7.69. The van der Waals surface area contributed by atoms with E-state index in [9.17, 15) is 0 Å². The summed E-state index contributed by atoms with van der Waals surface area (Å²) in [5.41, 5.74) is 4.67. The SMILES string of the molecule is CN1CCNCC1c1ccc2c(c1)CCC2. The van der Waals surface area contributed by atoms with Gasteiger partial charge in [-0.15, -0.1) is 0 Å². The zero-order valence-corrected chi connectivity index (χ0v) is 10.00. The number of nitrogens with zero attached hydrogens (tertiary/aromatic N) is 1. The molecule has 0 aromatic heterocycles. The molecule has 1 atom stereocenters. The molecule has 1 fully saturated rings. The van der Waals surface area contributed by atoms with Crippen LogP contribution in [-0.2, 0) is 12.8 Å². The number of hydrogen-bond donors (Lipinski definition) is 1. The standard InChI is InChI=1S/C14H20N2/c1-16-8-7-15-10-14(16)13-6-5-11-3-2-4-12(11)9-13/h5-6,9,14-15H,2-4,7-8,10H2,1H3. The van der Waals surface area contributed by atoms with E-state index in [-0.39, 0.29) is 0 Å². The minimum Gasteiger partial charge on any atom is -0.314 e. The average Bonchev–Trinajstić information content (AvgIpc) is 2.76. The van der Waals surface area contributed by atoms with E-state index in [2.05, 4.69) is 35.5 Å². The first-order valence-corrected chi connectivity index (χ1v) is 6.37. The molecule has 1 N–H and O–H groups in total. The van der Waals surface area contributed by atoms with Crippen LogP contribution in [0.5, 0.6) is 0 Å². The van der Waals surface area contributed by atoms with E-state index >= 15 is 0 Å². The van der Waals surface area contributed by atoms with Gasteiger partial charge < -0.3 is 5.32 Å². The number of likely N-dealkylation sites (N-methyl/N-ethyl adjacent to an activating group) is 1. The van der Waals surface area contributed by atoms with Crippen molar-refractivity contribution in [2.24, 2.45) is 0 Å². The lowest BCUT2D eigenvalue weighted by atomic mass is 9.99. The van der Waals surface area contributed by atoms with Crippen molar-refractivity contribution in [3.63, 3.8) is 0 Å². The van der Waals surface area contributed by atoms with Crippen LogP contribution in [0, 0.1) is 0 Å². The summed E-state index contributed by atoms with van der Waals surface area (Å²) in [6.45, 7) is 3.37. The normalized spacial score (nSPS) is 25.7. The smallest absolute Gasteiger partial charge is 0.0470 e. The molecule has 1 unspecified atom stereocenters. The maximum atomic E-state index is 3.49. The van der Waals surface area contributed by atoms with Crippen LogP contribution in [-0.4, -0.2) is 31.6 Å². The van der Waals surface area contributed by atoms with Crippen molar-refractivity contribution in [2.45, 2.75) is 25.3 Å². The summed E-state index contributed by atoms with van der Waals surface area (Å²) in [7, 11) is 2.23. The Hall–Kier alpha value is -0.860.